The normalized spacial score (nSPS) is 11.1. The topological polar surface area (TPSA) is 76.2 Å². The van der Waals surface area contributed by atoms with Gasteiger partial charge in [-0.3, -0.25) is 0 Å². The van der Waals surface area contributed by atoms with E-state index in [9.17, 15) is 9.18 Å². The number of nitrogens with one attached hydrogen (secondary N) is 1. The number of hydrogen-bond acceptors (Lipinski definition) is 4. The molecule has 0 amide bonds. The minimum Gasteiger partial charge on any atom is -0.461 e. The molecule has 0 heterocycles. The van der Waals surface area contributed by atoms with Crippen molar-refractivity contribution in [1.29, 1.82) is 5.41 Å². The maximum atomic E-state index is 12.7. The maximum absolute atomic E-state index is 12.7. The Hall–Kier alpha value is -2.17. The number of ether oxygens (including phenoxy) is 1. The highest BCUT2D eigenvalue weighted by atomic mass is 19.1. The molecule has 0 fully saturated rings. The lowest BCUT2D eigenvalue weighted by Gasteiger charge is -2.02. The molecule has 0 saturated carbocycles. The number of nitrogens with two attached hydrogens (primary N) is 1. The summed E-state index contributed by atoms with van der Waals surface area (Å²) in [4.78, 5) is 11.2. The molecule has 0 aliphatic rings. The first-order valence-corrected chi connectivity index (χ1v) is 5.03. The largest absolute Gasteiger partial charge is 0.461 e. The summed E-state index contributed by atoms with van der Waals surface area (Å²) >= 11 is 0. The lowest BCUT2D eigenvalue weighted by Crippen LogP contribution is -2.16. The van der Waals surface area contributed by atoms with E-state index in [1.165, 1.54) is 30.3 Å². The molecule has 0 aliphatic heterocycles. The molecule has 0 aliphatic carbocycles. The number of carbonyl (C=O) groups excluding carboxylic acids is 1. The molecule has 1 rings (SSSR count). The van der Waals surface area contributed by atoms with Crippen LogP contribution in [0, 0.1) is 11.2 Å². The van der Waals surface area contributed by atoms with Crippen LogP contribution in [-0.4, -0.2) is 18.3 Å². The van der Waals surface area contributed by atoms with Gasteiger partial charge in [-0.1, -0.05) is 0 Å². The molecule has 5 heteroatoms. The van der Waals surface area contributed by atoms with Gasteiger partial charge in [0.05, 0.1) is 12.3 Å². The number of esters is 1. The van der Waals surface area contributed by atoms with Gasteiger partial charge < -0.3 is 15.9 Å². The third-order valence-corrected chi connectivity index (χ3v) is 1.97. The van der Waals surface area contributed by atoms with E-state index in [0.717, 1.165) is 0 Å². The van der Waals surface area contributed by atoms with Gasteiger partial charge in [0.25, 0.3) is 0 Å². The molecule has 0 radical (unpaired) electrons. The highest BCUT2D eigenvalue weighted by Crippen LogP contribution is 2.05. The van der Waals surface area contributed by atoms with E-state index in [4.69, 9.17) is 11.1 Å². The predicted molar refractivity (Wildman–Crippen MR) is 62.1 cm³/mol. The SMILES string of the molecule is CCOC(=O)C(N)=CC(=N)c1ccc(F)cc1. The summed E-state index contributed by atoms with van der Waals surface area (Å²) < 4.78 is 17.3. The van der Waals surface area contributed by atoms with Crippen molar-refractivity contribution >= 4 is 11.7 Å². The van der Waals surface area contributed by atoms with Crippen molar-refractivity contribution < 1.29 is 13.9 Å². The van der Waals surface area contributed by atoms with Gasteiger partial charge >= 0.3 is 5.97 Å². The quantitative estimate of drug-likeness (QED) is 0.473. The zero-order valence-corrected chi connectivity index (χ0v) is 9.37. The molecule has 90 valence electrons. The van der Waals surface area contributed by atoms with Crippen LogP contribution < -0.4 is 5.73 Å². The van der Waals surface area contributed by atoms with Gasteiger partial charge in [-0.15, -0.1) is 0 Å². The van der Waals surface area contributed by atoms with Gasteiger partial charge in [0.15, 0.2) is 0 Å². The van der Waals surface area contributed by atoms with Gasteiger partial charge in [0.1, 0.15) is 11.5 Å². The highest BCUT2D eigenvalue weighted by Gasteiger charge is 2.07. The van der Waals surface area contributed by atoms with Crippen LogP contribution >= 0.6 is 0 Å². The molecule has 0 saturated heterocycles. The Labute approximate surface area is 98.4 Å². The third-order valence-electron chi connectivity index (χ3n) is 1.97. The van der Waals surface area contributed by atoms with E-state index in [0.29, 0.717) is 5.56 Å². The third kappa shape index (κ3) is 3.71. The van der Waals surface area contributed by atoms with Crippen molar-refractivity contribution in [2.45, 2.75) is 6.92 Å². The lowest BCUT2D eigenvalue weighted by atomic mass is 10.1. The second-order valence-electron chi connectivity index (χ2n) is 3.24. The van der Waals surface area contributed by atoms with Crippen LogP contribution in [-0.2, 0) is 9.53 Å². The summed E-state index contributed by atoms with van der Waals surface area (Å²) in [6, 6.07) is 5.34. The van der Waals surface area contributed by atoms with Crippen LogP contribution in [0.25, 0.3) is 0 Å². The molecule has 0 spiro atoms. The van der Waals surface area contributed by atoms with Crippen LogP contribution in [0.1, 0.15) is 12.5 Å². The monoisotopic (exact) mass is 236 g/mol. The maximum Gasteiger partial charge on any atom is 0.354 e. The van der Waals surface area contributed by atoms with Crippen molar-refractivity contribution in [2.24, 2.45) is 5.73 Å². The fraction of sp³-hybridized carbons (Fsp3) is 0.167. The molecule has 1 aromatic rings. The number of hydrogen-bond donors (Lipinski definition) is 2. The molecule has 3 N–H and O–H groups in total. The Balaban J connectivity index is 2.81. The Kier molecular flexibility index (Phi) is 4.39. The van der Waals surface area contributed by atoms with E-state index in [2.05, 4.69) is 4.74 Å². The number of carbonyl (C=O) groups is 1. The molecule has 0 unspecified atom stereocenters. The van der Waals surface area contributed by atoms with Crippen molar-refractivity contribution in [3.8, 4) is 0 Å². The zero-order chi connectivity index (χ0) is 12.8. The summed E-state index contributed by atoms with van der Waals surface area (Å²) in [5.41, 5.74) is 5.79. The number of rotatable bonds is 4. The standard InChI is InChI=1S/C12H13FN2O2/c1-2-17-12(16)11(15)7-10(14)8-3-5-9(13)6-4-8/h3-7,14H,2,15H2,1H3. The Morgan fingerprint density at radius 1 is 1.47 bits per heavy atom. The van der Waals surface area contributed by atoms with Crippen molar-refractivity contribution in [2.75, 3.05) is 6.61 Å². The summed E-state index contributed by atoms with van der Waals surface area (Å²) in [5.74, 6) is -1.05. The van der Waals surface area contributed by atoms with Crippen LogP contribution in [0.15, 0.2) is 36.0 Å². The van der Waals surface area contributed by atoms with Gasteiger partial charge in [-0.25, -0.2) is 9.18 Å². The van der Waals surface area contributed by atoms with E-state index in [-0.39, 0.29) is 23.8 Å². The smallest absolute Gasteiger partial charge is 0.354 e. The minimum absolute atomic E-state index is 0.0237. The second-order valence-corrected chi connectivity index (χ2v) is 3.24. The molecular weight excluding hydrogens is 223 g/mol. The Morgan fingerprint density at radius 3 is 2.59 bits per heavy atom. The Morgan fingerprint density at radius 2 is 2.06 bits per heavy atom. The molecule has 17 heavy (non-hydrogen) atoms. The van der Waals surface area contributed by atoms with Gasteiger partial charge in [-0.05, 0) is 42.8 Å². The Bertz CT molecular complexity index is 452. The van der Waals surface area contributed by atoms with Gasteiger partial charge in [0.2, 0.25) is 0 Å². The van der Waals surface area contributed by atoms with Crippen molar-refractivity contribution in [3.05, 3.63) is 47.4 Å². The minimum atomic E-state index is -0.667. The summed E-state index contributed by atoms with van der Waals surface area (Å²) in [5, 5.41) is 7.67. The average molecular weight is 236 g/mol. The summed E-state index contributed by atoms with van der Waals surface area (Å²) in [6.07, 6.45) is 1.19. The van der Waals surface area contributed by atoms with Crippen LogP contribution in [0.3, 0.4) is 0 Å². The predicted octanol–water partition coefficient (Wildman–Crippen LogP) is 1.60. The fourth-order valence-electron chi connectivity index (χ4n) is 1.14. The first kappa shape index (κ1) is 12.9. The molecule has 0 atom stereocenters. The van der Waals surface area contributed by atoms with E-state index >= 15 is 0 Å². The van der Waals surface area contributed by atoms with E-state index in [1.807, 2.05) is 0 Å². The number of allylic oxidation sites excluding steroid dienone is 1. The van der Waals surface area contributed by atoms with Crippen LogP contribution in [0.2, 0.25) is 0 Å². The summed E-state index contributed by atoms with van der Waals surface area (Å²) in [7, 11) is 0. The zero-order valence-electron chi connectivity index (χ0n) is 9.37. The van der Waals surface area contributed by atoms with Crippen molar-refractivity contribution in [1.82, 2.24) is 0 Å². The molecule has 0 aromatic heterocycles. The van der Waals surface area contributed by atoms with Crippen LogP contribution in [0.4, 0.5) is 4.39 Å². The van der Waals surface area contributed by atoms with Crippen LogP contribution in [0.5, 0.6) is 0 Å². The first-order chi connectivity index (χ1) is 8.04. The van der Waals surface area contributed by atoms with E-state index in [1.54, 1.807) is 6.92 Å². The summed E-state index contributed by atoms with van der Waals surface area (Å²) in [6.45, 7) is 1.88. The van der Waals surface area contributed by atoms with Crippen molar-refractivity contribution in [3.63, 3.8) is 0 Å². The number of halogens is 1. The van der Waals surface area contributed by atoms with E-state index < -0.39 is 5.97 Å². The lowest BCUT2D eigenvalue weighted by molar-refractivity contribution is -0.138. The molecule has 0 bridgehead atoms. The first-order valence-electron chi connectivity index (χ1n) is 5.03. The van der Waals surface area contributed by atoms with Gasteiger partial charge in [-0.2, -0.15) is 0 Å². The molecule has 1 aromatic carbocycles. The molecule has 4 nitrogen and oxygen atoms in total. The average Bonchev–Trinajstić information content (AvgIpc) is 2.30. The second kappa shape index (κ2) is 5.79. The number of benzene rings is 1. The fourth-order valence-corrected chi connectivity index (χ4v) is 1.14. The van der Waals surface area contributed by atoms with Gasteiger partial charge in [0, 0.05) is 0 Å². The highest BCUT2D eigenvalue weighted by molar-refractivity contribution is 6.09. The molecular formula is C12H13FN2O2.